The molecule has 0 spiro atoms. The van der Waals surface area contributed by atoms with E-state index in [0.717, 1.165) is 12.8 Å². The van der Waals surface area contributed by atoms with E-state index in [1.807, 2.05) is 0 Å². The van der Waals surface area contributed by atoms with Gasteiger partial charge in [-0.25, -0.2) is 0 Å². The first kappa shape index (κ1) is 34.1. The van der Waals surface area contributed by atoms with Gasteiger partial charge in [0.15, 0.2) is 0 Å². The van der Waals surface area contributed by atoms with Gasteiger partial charge in [0.05, 0.1) is 0 Å². The van der Waals surface area contributed by atoms with Gasteiger partial charge in [0, 0.05) is 36.8 Å². The SMILES string of the molecule is CCCCCCc1cc(N(c2ccc(Br)c(CCCCCC)c2)c2ccc3c(c2)C24CCCC2(CCC4)c2cc(C)ccc2-3)ccc1Br. The molecule has 7 rings (SSSR count). The molecule has 3 heteroatoms. The number of hydrogen-bond donors (Lipinski definition) is 0. The van der Waals surface area contributed by atoms with Crippen LogP contribution in [0, 0.1) is 6.92 Å². The summed E-state index contributed by atoms with van der Waals surface area (Å²) in [6.45, 7) is 6.87. The van der Waals surface area contributed by atoms with Crippen LogP contribution in [0.15, 0.2) is 81.7 Å². The third-order valence-electron chi connectivity index (χ3n) is 12.3. The minimum atomic E-state index is 0.249. The summed E-state index contributed by atoms with van der Waals surface area (Å²) in [7, 11) is 0. The van der Waals surface area contributed by atoms with Crippen LogP contribution in [0.3, 0.4) is 0 Å². The van der Waals surface area contributed by atoms with Gasteiger partial charge in [-0.3, -0.25) is 0 Å². The average Bonchev–Trinajstić information content (AvgIpc) is 3.66. The molecule has 0 amide bonds. The van der Waals surface area contributed by atoms with Crippen molar-refractivity contribution in [2.75, 3.05) is 4.90 Å². The third kappa shape index (κ3) is 6.04. The van der Waals surface area contributed by atoms with E-state index < -0.39 is 0 Å². The molecule has 2 saturated carbocycles. The Morgan fingerprint density at radius 2 is 1.00 bits per heavy atom. The van der Waals surface area contributed by atoms with E-state index in [4.69, 9.17) is 0 Å². The largest absolute Gasteiger partial charge is 0.310 e. The molecule has 2 fully saturated rings. The molecule has 0 heterocycles. The Labute approximate surface area is 307 Å². The molecule has 3 aliphatic carbocycles. The highest BCUT2D eigenvalue weighted by Crippen LogP contribution is 2.69. The Morgan fingerprint density at radius 1 is 0.542 bits per heavy atom. The number of rotatable bonds is 13. The number of anilines is 3. The minimum Gasteiger partial charge on any atom is -0.310 e. The van der Waals surface area contributed by atoms with E-state index in [1.165, 1.54) is 144 Å². The molecule has 4 aromatic rings. The molecule has 0 N–H and O–H groups in total. The zero-order chi connectivity index (χ0) is 33.3. The molecule has 0 aliphatic heterocycles. The van der Waals surface area contributed by atoms with Crippen molar-refractivity contribution in [3.05, 3.63) is 110 Å². The summed E-state index contributed by atoms with van der Waals surface area (Å²) in [6.07, 6.45) is 20.4. The Bertz CT molecular complexity index is 1700. The van der Waals surface area contributed by atoms with Crippen molar-refractivity contribution in [2.45, 2.75) is 134 Å². The number of hydrogen-bond acceptors (Lipinski definition) is 1. The van der Waals surface area contributed by atoms with E-state index in [2.05, 4.69) is 130 Å². The van der Waals surface area contributed by atoms with Crippen molar-refractivity contribution >= 4 is 48.9 Å². The molecule has 48 heavy (non-hydrogen) atoms. The Hall–Kier alpha value is -2.36. The maximum Gasteiger partial charge on any atom is 0.0465 e. The number of fused-ring (bicyclic) bond motifs is 3. The second kappa shape index (κ2) is 14.5. The average molecular weight is 768 g/mol. The normalized spacial score (nSPS) is 20.7. The fraction of sp³-hybridized carbons (Fsp3) is 0.467. The predicted octanol–water partition coefficient (Wildman–Crippen LogP) is 14.8. The van der Waals surface area contributed by atoms with Crippen LogP contribution in [-0.2, 0) is 23.7 Å². The van der Waals surface area contributed by atoms with Crippen LogP contribution >= 0.6 is 31.9 Å². The number of halogens is 2. The lowest BCUT2D eigenvalue weighted by Gasteiger charge is -2.48. The first-order valence-corrected chi connectivity index (χ1v) is 20.6. The van der Waals surface area contributed by atoms with Crippen LogP contribution in [-0.4, -0.2) is 0 Å². The maximum atomic E-state index is 3.93. The summed E-state index contributed by atoms with van der Waals surface area (Å²) >= 11 is 7.86. The number of aryl methyl sites for hydroxylation is 3. The molecule has 3 aliphatic rings. The lowest BCUT2D eigenvalue weighted by atomic mass is 9.55. The quantitative estimate of drug-likeness (QED) is 0.123. The Balaban J connectivity index is 1.37. The van der Waals surface area contributed by atoms with Crippen molar-refractivity contribution in [3.63, 3.8) is 0 Å². The zero-order valence-electron chi connectivity index (χ0n) is 29.4. The van der Waals surface area contributed by atoms with Crippen LogP contribution < -0.4 is 4.90 Å². The fourth-order valence-electron chi connectivity index (χ4n) is 9.95. The molecule has 0 bridgehead atoms. The second-order valence-corrected chi connectivity index (χ2v) is 16.9. The third-order valence-corrected chi connectivity index (χ3v) is 13.8. The molecular formula is C45H53Br2N. The van der Waals surface area contributed by atoms with Gasteiger partial charge in [0.2, 0.25) is 0 Å². The summed E-state index contributed by atoms with van der Waals surface area (Å²) in [5.74, 6) is 0. The topological polar surface area (TPSA) is 3.24 Å². The van der Waals surface area contributed by atoms with E-state index in [9.17, 15) is 0 Å². The monoisotopic (exact) mass is 765 g/mol. The van der Waals surface area contributed by atoms with Gasteiger partial charge in [-0.05, 0) is 140 Å². The van der Waals surface area contributed by atoms with Gasteiger partial charge in [-0.2, -0.15) is 0 Å². The molecule has 0 atom stereocenters. The standard InChI is InChI=1S/C45H53Br2N/c1-4-6-8-10-14-33-29-35(18-22-42(33)46)48(36-19-23-43(47)34(30-36)15-11-9-7-5-2)37-17-21-39-38-20-16-32(3)28-40(38)44-24-12-26-45(44,27-13-25-44)41(39)31-37/h16-23,28-31H,4-15,24-27H2,1-3H3. The van der Waals surface area contributed by atoms with Crippen LogP contribution in [0.25, 0.3) is 11.1 Å². The second-order valence-electron chi connectivity index (χ2n) is 15.2. The molecule has 0 radical (unpaired) electrons. The van der Waals surface area contributed by atoms with Crippen molar-refractivity contribution in [2.24, 2.45) is 0 Å². The lowest BCUT2D eigenvalue weighted by molar-refractivity contribution is 0.299. The highest BCUT2D eigenvalue weighted by atomic mass is 79.9. The Kier molecular flexibility index (Phi) is 10.3. The summed E-state index contributed by atoms with van der Waals surface area (Å²) in [4.78, 5) is 2.57. The number of benzene rings is 4. The van der Waals surface area contributed by atoms with Gasteiger partial charge in [0.1, 0.15) is 0 Å². The molecule has 1 nitrogen and oxygen atoms in total. The van der Waals surface area contributed by atoms with E-state index in [-0.39, 0.29) is 10.8 Å². The number of unbranched alkanes of at least 4 members (excludes halogenated alkanes) is 6. The summed E-state index contributed by atoms with van der Waals surface area (Å²) in [5.41, 5.74) is 14.8. The van der Waals surface area contributed by atoms with E-state index in [1.54, 1.807) is 11.1 Å². The smallest absolute Gasteiger partial charge is 0.0465 e. The van der Waals surface area contributed by atoms with Crippen molar-refractivity contribution in [3.8, 4) is 11.1 Å². The summed E-state index contributed by atoms with van der Waals surface area (Å²) in [6, 6.07) is 29.0. The summed E-state index contributed by atoms with van der Waals surface area (Å²) in [5, 5.41) is 0. The van der Waals surface area contributed by atoms with E-state index in [0.29, 0.717) is 0 Å². The van der Waals surface area contributed by atoms with Gasteiger partial charge in [-0.15, -0.1) is 0 Å². The van der Waals surface area contributed by atoms with Gasteiger partial charge < -0.3 is 4.90 Å². The molecular weight excluding hydrogens is 714 g/mol. The number of nitrogens with zero attached hydrogens (tertiary/aromatic N) is 1. The Morgan fingerprint density at radius 3 is 1.52 bits per heavy atom. The highest BCUT2D eigenvalue weighted by Gasteiger charge is 2.62. The van der Waals surface area contributed by atoms with Crippen molar-refractivity contribution in [1.82, 2.24) is 0 Å². The zero-order valence-corrected chi connectivity index (χ0v) is 32.6. The fourth-order valence-corrected chi connectivity index (χ4v) is 10.8. The van der Waals surface area contributed by atoms with Crippen molar-refractivity contribution in [1.29, 1.82) is 0 Å². The lowest BCUT2D eigenvalue weighted by Crippen LogP contribution is -2.43. The highest BCUT2D eigenvalue weighted by molar-refractivity contribution is 9.10. The molecule has 252 valence electrons. The van der Waals surface area contributed by atoms with Gasteiger partial charge >= 0.3 is 0 Å². The maximum absolute atomic E-state index is 3.93. The van der Waals surface area contributed by atoms with Crippen LogP contribution in [0.5, 0.6) is 0 Å². The summed E-state index contributed by atoms with van der Waals surface area (Å²) < 4.78 is 2.46. The first-order valence-electron chi connectivity index (χ1n) is 19.0. The van der Waals surface area contributed by atoms with Gasteiger partial charge in [0.25, 0.3) is 0 Å². The predicted molar refractivity (Wildman–Crippen MR) is 213 cm³/mol. The van der Waals surface area contributed by atoms with Crippen LogP contribution in [0.1, 0.15) is 132 Å². The first-order chi connectivity index (χ1) is 23.4. The molecule has 4 aromatic carbocycles. The van der Waals surface area contributed by atoms with Crippen molar-refractivity contribution < 1.29 is 0 Å². The molecule has 0 saturated heterocycles. The van der Waals surface area contributed by atoms with Crippen LogP contribution in [0.4, 0.5) is 17.1 Å². The van der Waals surface area contributed by atoms with Gasteiger partial charge in [-0.1, -0.05) is 127 Å². The minimum absolute atomic E-state index is 0.249. The van der Waals surface area contributed by atoms with E-state index >= 15 is 0 Å². The van der Waals surface area contributed by atoms with Crippen LogP contribution in [0.2, 0.25) is 0 Å². The molecule has 0 unspecified atom stereocenters. The molecule has 0 aromatic heterocycles.